The number of carbonyl (C=O) groups excluding carboxylic acids is 1. The Kier molecular flexibility index (Phi) is 4.27. The van der Waals surface area contributed by atoms with Gasteiger partial charge in [-0.25, -0.2) is 4.98 Å². The summed E-state index contributed by atoms with van der Waals surface area (Å²) in [5, 5.41) is 4.50. The van der Waals surface area contributed by atoms with Crippen molar-refractivity contribution in [2.45, 2.75) is 18.8 Å². The molecule has 162 valence electrons. The molecular weight excluding hydrogens is 410 g/mol. The van der Waals surface area contributed by atoms with Crippen molar-refractivity contribution in [2.75, 3.05) is 25.6 Å². The zero-order valence-corrected chi connectivity index (χ0v) is 17.2. The van der Waals surface area contributed by atoms with Crippen LogP contribution in [0.3, 0.4) is 0 Å². The maximum atomic E-state index is 13.2. The second kappa shape index (κ2) is 7.30. The Bertz CT molecular complexity index is 1310. The number of carbonyl (C=O) groups is 1. The average molecular weight is 431 g/mol. The van der Waals surface area contributed by atoms with Crippen LogP contribution in [0.1, 0.15) is 34.8 Å². The van der Waals surface area contributed by atoms with Gasteiger partial charge in [-0.15, -0.1) is 0 Å². The third kappa shape index (κ3) is 3.13. The summed E-state index contributed by atoms with van der Waals surface area (Å²) in [7, 11) is 0. The molecule has 0 spiro atoms. The number of hydrogen-bond donors (Lipinski definition) is 1. The highest BCUT2D eigenvalue weighted by molar-refractivity contribution is 5.95. The maximum absolute atomic E-state index is 13.2. The topological polar surface area (TPSA) is 108 Å². The first kappa shape index (κ1) is 18.7. The maximum Gasteiger partial charge on any atom is 0.254 e. The van der Waals surface area contributed by atoms with E-state index in [1.54, 1.807) is 29.0 Å². The summed E-state index contributed by atoms with van der Waals surface area (Å²) in [5.74, 6) is 2.51. The molecule has 2 aliphatic heterocycles. The Labute approximate surface area is 183 Å². The molecule has 0 aliphatic carbocycles. The van der Waals surface area contributed by atoms with Crippen molar-refractivity contribution in [2.24, 2.45) is 0 Å². The van der Waals surface area contributed by atoms with Crippen molar-refractivity contribution in [3.05, 3.63) is 60.0 Å². The standard InChI is InChI=1S/C23H21N5O4/c24-21-10-16(25-22-11-17(26-28(21)22)18-4-2-8-30-18)15-3-1-7-27(12-15)23(29)14-5-6-19-20(9-14)32-13-31-19/h2,4-6,8-11,15H,1,3,7,12-13,24H2/t15-/m1/s1. The minimum atomic E-state index is -0.0218. The number of amides is 1. The molecule has 32 heavy (non-hydrogen) atoms. The second-order valence-electron chi connectivity index (χ2n) is 8.04. The smallest absolute Gasteiger partial charge is 0.254 e. The van der Waals surface area contributed by atoms with Crippen molar-refractivity contribution in [1.29, 1.82) is 0 Å². The van der Waals surface area contributed by atoms with Gasteiger partial charge in [-0.1, -0.05) is 0 Å². The third-order valence-electron chi connectivity index (χ3n) is 5.99. The predicted molar refractivity (Wildman–Crippen MR) is 116 cm³/mol. The van der Waals surface area contributed by atoms with Crippen molar-refractivity contribution in [1.82, 2.24) is 19.5 Å². The van der Waals surface area contributed by atoms with Gasteiger partial charge >= 0.3 is 0 Å². The molecule has 5 heterocycles. The number of anilines is 1. The van der Waals surface area contributed by atoms with E-state index >= 15 is 0 Å². The summed E-state index contributed by atoms with van der Waals surface area (Å²) in [6, 6.07) is 12.7. The molecule has 4 aromatic rings. The highest BCUT2D eigenvalue weighted by Crippen LogP contribution is 2.34. The number of ether oxygens (including phenoxy) is 2. The number of hydrogen-bond acceptors (Lipinski definition) is 7. The Balaban J connectivity index is 1.26. The number of piperidine rings is 1. The van der Waals surface area contributed by atoms with E-state index in [9.17, 15) is 4.79 Å². The predicted octanol–water partition coefficient (Wildman–Crippen LogP) is 3.32. The lowest BCUT2D eigenvalue weighted by Gasteiger charge is -2.32. The van der Waals surface area contributed by atoms with Gasteiger partial charge in [-0.3, -0.25) is 4.79 Å². The van der Waals surface area contributed by atoms with Crippen molar-refractivity contribution in [3.8, 4) is 23.0 Å². The number of rotatable bonds is 3. The molecule has 6 rings (SSSR count). The monoisotopic (exact) mass is 431 g/mol. The van der Waals surface area contributed by atoms with E-state index in [0.717, 1.165) is 18.5 Å². The lowest BCUT2D eigenvalue weighted by atomic mass is 9.94. The number of nitrogens with zero attached hydrogens (tertiary/aromatic N) is 4. The van der Waals surface area contributed by atoms with Gasteiger partial charge in [0.1, 0.15) is 11.5 Å². The SMILES string of the molecule is Nc1cc([C@@H]2CCCN(C(=O)c3ccc4c(c3)OCO4)C2)nc2cc(-c3ccco3)nn12. The molecule has 0 saturated carbocycles. The first-order valence-electron chi connectivity index (χ1n) is 10.5. The largest absolute Gasteiger partial charge is 0.463 e. The Morgan fingerprint density at radius 1 is 1.12 bits per heavy atom. The Hall–Kier alpha value is -4.01. The molecule has 1 atom stereocenters. The molecule has 9 heteroatoms. The lowest BCUT2D eigenvalue weighted by molar-refractivity contribution is 0.0705. The van der Waals surface area contributed by atoms with Crippen LogP contribution in [0.15, 0.2) is 53.1 Å². The second-order valence-corrected chi connectivity index (χ2v) is 8.04. The third-order valence-corrected chi connectivity index (χ3v) is 5.99. The minimum absolute atomic E-state index is 0.0218. The summed E-state index contributed by atoms with van der Waals surface area (Å²) < 4.78 is 17.8. The van der Waals surface area contributed by atoms with Gasteiger partial charge in [0.05, 0.1) is 12.0 Å². The van der Waals surface area contributed by atoms with Gasteiger partial charge in [-0.2, -0.15) is 9.61 Å². The number of benzene rings is 1. The molecule has 3 aromatic heterocycles. The first-order chi connectivity index (χ1) is 15.7. The highest BCUT2D eigenvalue weighted by atomic mass is 16.7. The van der Waals surface area contributed by atoms with E-state index in [0.29, 0.717) is 53.1 Å². The van der Waals surface area contributed by atoms with Crippen LogP contribution in [0.2, 0.25) is 0 Å². The van der Waals surface area contributed by atoms with Gasteiger partial charge in [0, 0.05) is 36.7 Å². The van der Waals surface area contributed by atoms with Crippen molar-refractivity contribution < 1.29 is 18.7 Å². The molecule has 0 unspecified atom stereocenters. The van der Waals surface area contributed by atoms with Crippen LogP contribution in [0.5, 0.6) is 11.5 Å². The molecule has 1 amide bonds. The fourth-order valence-electron chi connectivity index (χ4n) is 4.39. The Morgan fingerprint density at radius 3 is 2.91 bits per heavy atom. The number of furan rings is 1. The molecule has 0 radical (unpaired) electrons. The van der Waals surface area contributed by atoms with Gasteiger partial charge in [-0.05, 0) is 43.2 Å². The quantitative estimate of drug-likeness (QED) is 0.530. The van der Waals surface area contributed by atoms with Gasteiger partial charge in [0.2, 0.25) is 6.79 Å². The van der Waals surface area contributed by atoms with Crippen LogP contribution in [0.25, 0.3) is 17.1 Å². The van der Waals surface area contributed by atoms with Crippen LogP contribution in [-0.2, 0) is 0 Å². The molecule has 9 nitrogen and oxygen atoms in total. The zero-order chi connectivity index (χ0) is 21.7. The molecule has 0 bridgehead atoms. The van der Waals surface area contributed by atoms with Gasteiger partial charge in [0.25, 0.3) is 5.91 Å². The summed E-state index contributed by atoms with van der Waals surface area (Å²) >= 11 is 0. The number of nitrogens with two attached hydrogens (primary N) is 1. The van der Waals surface area contributed by atoms with E-state index in [-0.39, 0.29) is 18.6 Å². The zero-order valence-electron chi connectivity index (χ0n) is 17.2. The summed E-state index contributed by atoms with van der Waals surface area (Å²) in [4.78, 5) is 19.8. The lowest BCUT2D eigenvalue weighted by Crippen LogP contribution is -2.39. The van der Waals surface area contributed by atoms with Gasteiger partial charge < -0.3 is 24.5 Å². The van der Waals surface area contributed by atoms with Crippen LogP contribution >= 0.6 is 0 Å². The summed E-state index contributed by atoms with van der Waals surface area (Å²) in [5.41, 5.74) is 9.08. The van der Waals surface area contributed by atoms with Crippen LogP contribution in [-0.4, -0.2) is 45.3 Å². The van der Waals surface area contributed by atoms with Gasteiger partial charge in [0.15, 0.2) is 22.9 Å². The van der Waals surface area contributed by atoms with Crippen LogP contribution in [0.4, 0.5) is 5.82 Å². The first-order valence-corrected chi connectivity index (χ1v) is 10.5. The fraction of sp³-hybridized carbons (Fsp3) is 0.261. The van der Waals surface area contributed by atoms with Crippen LogP contribution in [0, 0.1) is 0 Å². The molecule has 2 aliphatic rings. The number of fused-ring (bicyclic) bond motifs is 2. The summed E-state index contributed by atoms with van der Waals surface area (Å²) in [6.45, 7) is 1.47. The van der Waals surface area contributed by atoms with Crippen LogP contribution < -0.4 is 15.2 Å². The summed E-state index contributed by atoms with van der Waals surface area (Å²) in [6.07, 6.45) is 3.44. The highest BCUT2D eigenvalue weighted by Gasteiger charge is 2.28. The van der Waals surface area contributed by atoms with E-state index in [1.807, 2.05) is 29.2 Å². The van der Waals surface area contributed by atoms with Crippen molar-refractivity contribution in [3.63, 3.8) is 0 Å². The number of nitrogen functional groups attached to an aromatic ring is 1. The molecule has 2 N–H and O–H groups in total. The normalized spacial score (nSPS) is 17.8. The molecule has 1 aromatic carbocycles. The van der Waals surface area contributed by atoms with E-state index in [1.165, 1.54) is 0 Å². The fourth-order valence-corrected chi connectivity index (χ4v) is 4.39. The molecular formula is C23H21N5O4. The minimum Gasteiger partial charge on any atom is -0.463 e. The van der Waals surface area contributed by atoms with Crippen molar-refractivity contribution >= 4 is 17.4 Å². The number of likely N-dealkylation sites (tertiary alicyclic amines) is 1. The van der Waals surface area contributed by atoms with E-state index < -0.39 is 0 Å². The van der Waals surface area contributed by atoms with E-state index in [2.05, 4.69) is 5.10 Å². The number of aromatic nitrogens is 3. The Morgan fingerprint density at radius 2 is 2.03 bits per heavy atom. The van der Waals surface area contributed by atoms with E-state index in [4.69, 9.17) is 24.6 Å². The molecule has 1 fully saturated rings. The molecule has 1 saturated heterocycles. The average Bonchev–Trinajstić information content (AvgIpc) is 3.58.